The van der Waals surface area contributed by atoms with E-state index in [1.54, 1.807) is 0 Å². The molecule has 0 bridgehead atoms. The normalized spacial score (nSPS) is 12.0. The maximum absolute atomic E-state index is 12.6. The quantitative estimate of drug-likeness (QED) is 0.623. The van der Waals surface area contributed by atoms with E-state index < -0.39 is 22.2 Å². The molecule has 2 aromatic carbocycles. The molecule has 0 aliphatic heterocycles. The van der Waals surface area contributed by atoms with Crippen molar-refractivity contribution >= 4 is 10.5 Å². The Bertz CT molecular complexity index is 772. The maximum Gasteiger partial charge on any atom is 0.488 e. The zero-order valence-corrected chi connectivity index (χ0v) is 11.5. The van der Waals surface area contributed by atoms with Crippen LogP contribution in [0, 0.1) is 0 Å². The van der Waals surface area contributed by atoms with Crippen LogP contribution >= 0.6 is 0 Å². The van der Waals surface area contributed by atoms with Gasteiger partial charge < -0.3 is 8.92 Å². The predicted octanol–water partition coefficient (Wildman–Crippen LogP) is 4.09. The molecule has 0 amide bonds. The van der Waals surface area contributed by atoms with Crippen LogP contribution < -0.4 is 8.92 Å². The van der Waals surface area contributed by atoms with Crippen molar-refractivity contribution in [2.45, 2.75) is 6.18 Å². The molecule has 0 aromatic heterocycles. The first-order chi connectivity index (χ1) is 10.1. The largest absolute Gasteiger partial charge is 0.488 e. The summed E-state index contributed by atoms with van der Waals surface area (Å²) in [6.07, 6.45) is -4.52. The van der Waals surface area contributed by atoms with Crippen molar-refractivity contribution in [3.8, 4) is 17.2 Å². The second kappa shape index (κ2) is 5.84. The lowest BCUT2D eigenvalue weighted by Crippen LogP contribution is -2.04. The minimum absolute atomic E-state index is 0.0134. The Kier molecular flexibility index (Phi) is 4.27. The van der Waals surface area contributed by atoms with Gasteiger partial charge >= 0.3 is 16.7 Å². The Morgan fingerprint density at radius 2 is 1.41 bits per heavy atom. The summed E-state index contributed by atoms with van der Waals surface area (Å²) in [7, 11) is -5.20. The molecule has 2 rings (SSSR count). The zero-order valence-electron chi connectivity index (χ0n) is 10.7. The van der Waals surface area contributed by atoms with Gasteiger partial charge in [0.2, 0.25) is 0 Å². The molecule has 0 atom stereocenters. The van der Waals surface area contributed by atoms with Gasteiger partial charge in [-0.3, -0.25) is 0 Å². The lowest BCUT2D eigenvalue weighted by atomic mass is 10.2. The minimum Gasteiger partial charge on any atom is -0.457 e. The van der Waals surface area contributed by atoms with E-state index in [-0.39, 0.29) is 17.2 Å². The summed E-state index contributed by atoms with van der Waals surface area (Å²) in [6, 6.07) is 8.91. The molecule has 0 saturated carbocycles. The molecule has 0 aliphatic carbocycles. The number of halogens is 4. The number of ether oxygens (including phenoxy) is 1. The Labute approximate surface area is 123 Å². The standard InChI is InChI=1S/C13H8F4O4S/c14-13(15,16)9-3-1-4-10(7-9)20-11-5-2-6-12(8-11)21-22(17,18)19/h1-8H. The fraction of sp³-hybridized carbons (Fsp3) is 0.0769. The molecular weight excluding hydrogens is 328 g/mol. The molecule has 0 saturated heterocycles. The number of hydrogen-bond donors (Lipinski definition) is 0. The van der Waals surface area contributed by atoms with Gasteiger partial charge in [0, 0.05) is 6.07 Å². The molecule has 0 unspecified atom stereocenters. The average molecular weight is 336 g/mol. The summed E-state index contributed by atoms with van der Waals surface area (Å²) in [6.45, 7) is 0. The van der Waals surface area contributed by atoms with Crippen LogP contribution in [0.3, 0.4) is 0 Å². The monoisotopic (exact) mass is 336 g/mol. The molecule has 2 aromatic rings. The molecule has 118 valence electrons. The van der Waals surface area contributed by atoms with Crippen LogP contribution in [-0.4, -0.2) is 8.42 Å². The first kappa shape index (κ1) is 16.1. The number of rotatable bonds is 4. The minimum atomic E-state index is -5.20. The highest BCUT2D eigenvalue weighted by Crippen LogP contribution is 2.33. The molecule has 4 nitrogen and oxygen atoms in total. The number of hydrogen-bond acceptors (Lipinski definition) is 4. The van der Waals surface area contributed by atoms with E-state index in [9.17, 15) is 25.5 Å². The summed E-state index contributed by atoms with van der Waals surface area (Å²) in [5.74, 6) is -0.498. The van der Waals surface area contributed by atoms with E-state index in [0.29, 0.717) is 0 Å². The predicted molar refractivity (Wildman–Crippen MR) is 68.6 cm³/mol. The van der Waals surface area contributed by atoms with Crippen molar-refractivity contribution in [1.29, 1.82) is 0 Å². The number of benzene rings is 2. The van der Waals surface area contributed by atoms with Crippen LogP contribution in [0.5, 0.6) is 17.2 Å². The molecule has 0 spiro atoms. The molecule has 9 heteroatoms. The third kappa shape index (κ3) is 4.62. The van der Waals surface area contributed by atoms with E-state index in [4.69, 9.17) is 4.74 Å². The summed E-state index contributed by atoms with van der Waals surface area (Å²) in [5, 5.41) is 0. The molecule has 0 aliphatic rings. The summed E-state index contributed by atoms with van der Waals surface area (Å²) in [5.41, 5.74) is -0.899. The fourth-order valence-corrected chi connectivity index (χ4v) is 1.91. The average Bonchev–Trinajstić information content (AvgIpc) is 2.36. The van der Waals surface area contributed by atoms with E-state index in [2.05, 4.69) is 4.18 Å². The highest BCUT2D eigenvalue weighted by atomic mass is 32.3. The van der Waals surface area contributed by atoms with Crippen LogP contribution in [0.1, 0.15) is 5.56 Å². The zero-order chi connectivity index (χ0) is 16.4. The Balaban J connectivity index is 2.23. The summed E-state index contributed by atoms with van der Waals surface area (Å²) < 4.78 is 80.0. The van der Waals surface area contributed by atoms with Gasteiger partial charge in [0.1, 0.15) is 17.2 Å². The Morgan fingerprint density at radius 1 is 0.864 bits per heavy atom. The lowest BCUT2D eigenvalue weighted by molar-refractivity contribution is -0.137. The van der Waals surface area contributed by atoms with Gasteiger partial charge in [0.15, 0.2) is 0 Å². The highest BCUT2D eigenvalue weighted by molar-refractivity contribution is 7.81. The molecule has 0 N–H and O–H groups in total. The van der Waals surface area contributed by atoms with Crippen molar-refractivity contribution in [2.24, 2.45) is 0 Å². The van der Waals surface area contributed by atoms with Gasteiger partial charge in [-0.15, -0.1) is 0 Å². The van der Waals surface area contributed by atoms with Gasteiger partial charge in [-0.1, -0.05) is 16.0 Å². The SMILES string of the molecule is O=S(=O)(F)Oc1cccc(Oc2cccc(C(F)(F)F)c2)c1. The first-order valence-electron chi connectivity index (χ1n) is 5.73. The van der Waals surface area contributed by atoms with Crippen LogP contribution in [-0.2, 0) is 16.7 Å². The topological polar surface area (TPSA) is 52.6 Å². The third-order valence-electron chi connectivity index (χ3n) is 2.40. The number of alkyl halides is 3. The van der Waals surface area contributed by atoms with E-state index in [1.165, 1.54) is 18.2 Å². The van der Waals surface area contributed by atoms with Gasteiger partial charge in [-0.2, -0.15) is 21.6 Å². The van der Waals surface area contributed by atoms with E-state index in [0.717, 1.165) is 30.3 Å². The van der Waals surface area contributed by atoms with E-state index in [1.807, 2.05) is 0 Å². The van der Waals surface area contributed by atoms with Crippen LogP contribution in [0.4, 0.5) is 17.1 Å². The molecular formula is C13H8F4O4S. The second-order valence-electron chi connectivity index (χ2n) is 4.08. The molecule has 0 fully saturated rings. The van der Waals surface area contributed by atoms with Crippen molar-refractivity contribution in [1.82, 2.24) is 0 Å². The van der Waals surface area contributed by atoms with Crippen molar-refractivity contribution in [3.05, 3.63) is 54.1 Å². The molecule has 22 heavy (non-hydrogen) atoms. The Hall–Kier alpha value is -2.29. The fourth-order valence-electron chi connectivity index (χ4n) is 1.58. The van der Waals surface area contributed by atoms with Crippen molar-refractivity contribution < 1.29 is 34.4 Å². The van der Waals surface area contributed by atoms with E-state index >= 15 is 0 Å². The van der Waals surface area contributed by atoms with Gasteiger partial charge in [-0.05, 0) is 30.3 Å². The first-order valence-corrected chi connectivity index (χ1v) is 7.03. The summed E-state index contributed by atoms with van der Waals surface area (Å²) in [4.78, 5) is 0. The second-order valence-corrected chi connectivity index (χ2v) is 5.03. The van der Waals surface area contributed by atoms with Crippen LogP contribution in [0.15, 0.2) is 48.5 Å². The Morgan fingerprint density at radius 3 is 2.00 bits per heavy atom. The molecule has 0 radical (unpaired) electrons. The highest BCUT2D eigenvalue weighted by Gasteiger charge is 2.30. The van der Waals surface area contributed by atoms with Crippen molar-refractivity contribution in [2.75, 3.05) is 0 Å². The van der Waals surface area contributed by atoms with Gasteiger partial charge in [0.05, 0.1) is 5.56 Å². The van der Waals surface area contributed by atoms with Crippen LogP contribution in [0.2, 0.25) is 0 Å². The van der Waals surface area contributed by atoms with Gasteiger partial charge in [0.25, 0.3) is 0 Å². The van der Waals surface area contributed by atoms with Crippen molar-refractivity contribution in [3.63, 3.8) is 0 Å². The summed E-state index contributed by atoms with van der Waals surface area (Å²) >= 11 is 0. The van der Waals surface area contributed by atoms with Crippen LogP contribution in [0.25, 0.3) is 0 Å². The molecule has 0 heterocycles. The third-order valence-corrected chi connectivity index (χ3v) is 2.79. The van der Waals surface area contributed by atoms with Gasteiger partial charge in [-0.25, -0.2) is 0 Å². The maximum atomic E-state index is 12.6. The lowest BCUT2D eigenvalue weighted by Gasteiger charge is -2.10. The smallest absolute Gasteiger partial charge is 0.457 e.